The number of carbonyl (C=O) groups is 1. The third-order valence-corrected chi connectivity index (χ3v) is 8.42. The molecule has 2 unspecified atom stereocenters. The molecule has 5 nitrogen and oxygen atoms in total. The predicted molar refractivity (Wildman–Crippen MR) is 124 cm³/mol. The summed E-state index contributed by atoms with van der Waals surface area (Å²) in [5.41, 5.74) is 0. The Labute approximate surface area is 206 Å². The Balaban J connectivity index is 1.64. The summed E-state index contributed by atoms with van der Waals surface area (Å²) < 4.78 is 93.0. The minimum Gasteiger partial charge on any atom is -0.426 e. The zero-order chi connectivity index (χ0) is 26.0. The maximum absolute atomic E-state index is 14.4. The van der Waals surface area contributed by atoms with Gasteiger partial charge in [-0.25, -0.2) is 17.6 Å². The number of alkyl halides is 1. The zero-order valence-corrected chi connectivity index (χ0v) is 19.8. The summed E-state index contributed by atoms with van der Waals surface area (Å²) in [6.45, 7) is 0. The lowest BCUT2D eigenvalue weighted by Gasteiger charge is -2.23. The molecule has 3 aromatic carbocycles. The van der Waals surface area contributed by atoms with E-state index in [-0.39, 0.29) is 5.75 Å². The summed E-state index contributed by atoms with van der Waals surface area (Å²) in [6.07, 6.45) is -3.21. The first-order valence-corrected chi connectivity index (χ1v) is 13.0. The summed E-state index contributed by atoms with van der Waals surface area (Å²) in [7, 11) is -6.15. The maximum atomic E-state index is 14.4. The molecule has 36 heavy (non-hydrogen) atoms. The van der Waals surface area contributed by atoms with E-state index in [4.69, 9.17) is 4.74 Å². The second-order valence-corrected chi connectivity index (χ2v) is 10.9. The predicted octanol–water partition coefficient (Wildman–Crippen LogP) is 5.87. The molecule has 11 heteroatoms. The van der Waals surface area contributed by atoms with Crippen LogP contribution in [0.5, 0.6) is 5.75 Å². The number of hydrogen-bond acceptors (Lipinski definition) is 4. The van der Waals surface area contributed by atoms with Gasteiger partial charge in [-0.15, -0.1) is 0 Å². The van der Waals surface area contributed by atoms with Crippen LogP contribution in [0.15, 0.2) is 122 Å². The third kappa shape index (κ3) is 5.08. The van der Waals surface area contributed by atoms with Gasteiger partial charge in [-0.3, -0.25) is 9.35 Å². The van der Waals surface area contributed by atoms with Crippen LogP contribution in [0.25, 0.3) is 0 Å². The topological polar surface area (TPSA) is 80.7 Å². The van der Waals surface area contributed by atoms with Gasteiger partial charge in [-0.05, 0) is 48.5 Å². The second kappa shape index (κ2) is 10.3. The molecule has 3 aromatic rings. The van der Waals surface area contributed by atoms with Crippen LogP contribution in [0.2, 0.25) is 0 Å². The van der Waals surface area contributed by atoms with Crippen molar-refractivity contribution in [3.8, 4) is 5.75 Å². The zero-order valence-electron chi connectivity index (χ0n) is 18.1. The molecule has 0 spiro atoms. The molecular weight excluding hydrogens is 520 g/mol. The first-order valence-electron chi connectivity index (χ1n) is 10.3. The average Bonchev–Trinajstić information content (AvgIpc) is 2.86. The van der Waals surface area contributed by atoms with Crippen LogP contribution >= 0.6 is 0 Å². The monoisotopic (exact) mass is 537 g/mol. The maximum Gasteiger partial charge on any atom is 0.323 e. The van der Waals surface area contributed by atoms with Crippen molar-refractivity contribution in [1.82, 2.24) is 0 Å². The lowest BCUT2D eigenvalue weighted by atomic mass is 9.96. The molecule has 0 saturated carbocycles. The fourth-order valence-electron chi connectivity index (χ4n) is 3.59. The molecule has 186 valence electrons. The summed E-state index contributed by atoms with van der Waals surface area (Å²) in [5.74, 6) is -11.8. The Bertz CT molecular complexity index is 1400. The van der Waals surface area contributed by atoms with E-state index < -0.39 is 61.5 Å². The molecule has 0 heterocycles. The van der Waals surface area contributed by atoms with Crippen molar-refractivity contribution >= 4 is 27.0 Å². The van der Waals surface area contributed by atoms with E-state index in [1.807, 2.05) is 60.7 Å². The van der Waals surface area contributed by atoms with Gasteiger partial charge in [-0.1, -0.05) is 36.4 Å². The van der Waals surface area contributed by atoms with Crippen molar-refractivity contribution in [3.63, 3.8) is 0 Å². The molecule has 0 aliphatic heterocycles. The van der Waals surface area contributed by atoms with Gasteiger partial charge in [0.25, 0.3) is 10.1 Å². The Hall–Kier alpha value is -3.41. The molecule has 2 atom stereocenters. The van der Waals surface area contributed by atoms with E-state index in [2.05, 4.69) is 0 Å². The number of ether oxygens (including phenoxy) is 1. The van der Waals surface area contributed by atoms with Crippen molar-refractivity contribution in [2.24, 2.45) is 5.92 Å². The molecule has 0 saturated heterocycles. The summed E-state index contributed by atoms with van der Waals surface area (Å²) in [4.78, 5) is 13.4. The molecule has 0 amide bonds. The van der Waals surface area contributed by atoms with Crippen molar-refractivity contribution in [2.75, 3.05) is 0 Å². The molecular formula is C25H17F4O5S2+. The fraction of sp³-hybridized carbons (Fsp3) is 0.0800. The van der Waals surface area contributed by atoms with Gasteiger partial charge in [0.2, 0.25) is 0 Å². The average molecular weight is 538 g/mol. The van der Waals surface area contributed by atoms with Gasteiger partial charge >= 0.3 is 5.97 Å². The highest BCUT2D eigenvalue weighted by atomic mass is 32.2. The van der Waals surface area contributed by atoms with E-state index in [0.717, 1.165) is 14.7 Å². The molecule has 4 rings (SSSR count). The van der Waals surface area contributed by atoms with Crippen LogP contribution in [0.1, 0.15) is 0 Å². The first-order chi connectivity index (χ1) is 17.1. The highest BCUT2D eigenvalue weighted by Crippen LogP contribution is 2.41. The number of rotatable bonds is 6. The van der Waals surface area contributed by atoms with Crippen molar-refractivity contribution in [2.45, 2.75) is 20.9 Å². The molecule has 0 aromatic heterocycles. The molecule has 1 aliphatic rings. The van der Waals surface area contributed by atoms with E-state index in [9.17, 15) is 35.3 Å². The first kappa shape index (κ1) is 25.7. The Morgan fingerprint density at radius 1 is 0.778 bits per heavy atom. The number of hydrogen-bond donors (Lipinski definition) is 1. The quantitative estimate of drug-likeness (QED) is 0.140. The lowest BCUT2D eigenvalue weighted by molar-refractivity contribution is -0.139. The summed E-state index contributed by atoms with van der Waals surface area (Å²) >= 11 is 0. The highest BCUT2D eigenvalue weighted by Gasteiger charge is 2.49. The van der Waals surface area contributed by atoms with Gasteiger partial charge in [0.15, 0.2) is 38.3 Å². The number of esters is 1. The van der Waals surface area contributed by atoms with E-state index in [1.54, 1.807) is 12.1 Å². The van der Waals surface area contributed by atoms with Gasteiger partial charge < -0.3 is 4.74 Å². The second-order valence-electron chi connectivity index (χ2n) is 7.52. The number of halogens is 4. The van der Waals surface area contributed by atoms with Crippen molar-refractivity contribution in [1.29, 1.82) is 0 Å². The van der Waals surface area contributed by atoms with E-state index in [0.29, 0.717) is 0 Å². The van der Waals surface area contributed by atoms with E-state index in [1.165, 1.54) is 12.1 Å². The number of carbonyl (C=O) groups excluding carboxylic acids is 1. The SMILES string of the molecule is O=C(Oc1ccc([S+](c2ccccc2)c2ccccc2)cc1)C1C(S(=O)(=O)O)=C(F)C(F)=C(F)C1F. The van der Waals surface area contributed by atoms with Crippen LogP contribution in [0.4, 0.5) is 17.6 Å². The summed E-state index contributed by atoms with van der Waals surface area (Å²) in [5, 5.41) is 0. The van der Waals surface area contributed by atoms with Crippen LogP contribution in [0, 0.1) is 5.92 Å². The van der Waals surface area contributed by atoms with Crippen molar-refractivity contribution < 1.29 is 40.1 Å². The Morgan fingerprint density at radius 2 is 1.25 bits per heavy atom. The Kier molecular flexibility index (Phi) is 7.34. The standard InChI is InChI=1S/C25H16F4O5S2/c26-20-19(24(36(31,32)33)23(29)22(28)21(20)27)25(30)34-15-11-13-18(14-12-15)35(16-7-3-1-4-8-16)17-9-5-2-6-10-17/h1-14,19-20H/p+1. The van der Waals surface area contributed by atoms with Crippen LogP contribution < -0.4 is 4.74 Å². The molecule has 0 fully saturated rings. The largest absolute Gasteiger partial charge is 0.426 e. The van der Waals surface area contributed by atoms with Gasteiger partial charge in [-0.2, -0.15) is 8.42 Å². The molecule has 1 aliphatic carbocycles. The fourth-order valence-corrected chi connectivity index (χ4v) is 6.53. The smallest absolute Gasteiger partial charge is 0.323 e. The number of allylic oxidation sites excluding steroid dienone is 3. The molecule has 1 N–H and O–H groups in total. The minimum absolute atomic E-state index is 0.189. The molecule has 0 radical (unpaired) electrons. The minimum atomic E-state index is -5.61. The lowest BCUT2D eigenvalue weighted by Crippen LogP contribution is -2.37. The Morgan fingerprint density at radius 3 is 1.72 bits per heavy atom. The summed E-state index contributed by atoms with van der Waals surface area (Å²) in [6, 6.07) is 25.1. The van der Waals surface area contributed by atoms with Gasteiger partial charge in [0.05, 0.1) is 10.9 Å². The third-order valence-electron chi connectivity index (χ3n) is 5.20. The van der Waals surface area contributed by atoms with Gasteiger partial charge in [0.1, 0.15) is 16.6 Å². The number of benzene rings is 3. The van der Waals surface area contributed by atoms with Crippen LogP contribution in [-0.2, 0) is 25.8 Å². The van der Waals surface area contributed by atoms with Crippen LogP contribution in [-0.4, -0.2) is 25.1 Å². The van der Waals surface area contributed by atoms with Crippen molar-refractivity contribution in [3.05, 3.63) is 107 Å². The normalized spacial score (nSPS) is 18.5. The van der Waals surface area contributed by atoms with Gasteiger partial charge in [0, 0.05) is 0 Å². The molecule has 0 bridgehead atoms. The van der Waals surface area contributed by atoms with E-state index >= 15 is 0 Å². The highest BCUT2D eigenvalue weighted by molar-refractivity contribution is 7.97. The van der Waals surface area contributed by atoms with Crippen LogP contribution in [0.3, 0.4) is 0 Å².